The lowest BCUT2D eigenvalue weighted by atomic mass is 10.2. The summed E-state index contributed by atoms with van der Waals surface area (Å²) in [5.41, 5.74) is 0.937. The van der Waals surface area contributed by atoms with Gasteiger partial charge in [-0.2, -0.15) is 0 Å². The van der Waals surface area contributed by atoms with Crippen LogP contribution in [0.15, 0.2) is 24.3 Å². The zero-order valence-electron chi connectivity index (χ0n) is 17.6. The highest BCUT2D eigenvalue weighted by atomic mass is 16.5. The molecule has 0 aliphatic rings. The molecule has 0 aliphatic heterocycles. The molecule has 0 heterocycles. The number of carbonyl (C=O) groups is 2. The standard InChI is InChI=1S/C22H35NO5/c1-4-7-8-9-18-28-20-12-10-19(11-13-20)23(16-14-21(24)26-5-2)17-15-22(25)27-6-3/h10-13H,4-9,14-18H2,1-3H3. The highest BCUT2D eigenvalue weighted by Crippen LogP contribution is 2.20. The van der Waals surface area contributed by atoms with Crippen LogP contribution in [0.2, 0.25) is 0 Å². The van der Waals surface area contributed by atoms with Gasteiger partial charge in [0.25, 0.3) is 0 Å². The summed E-state index contributed by atoms with van der Waals surface area (Å²) in [5, 5.41) is 0. The van der Waals surface area contributed by atoms with Crippen molar-refractivity contribution in [2.45, 2.75) is 59.3 Å². The third-order valence-electron chi connectivity index (χ3n) is 4.25. The Morgan fingerprint density at radius 3 is 1.89 bits per heavy atom. The van der Waals surface area contributed by atoms with Crippen LogP contribution in [0.1, 0.15) is 59.3 Å². The number of nitrogens with zero attached hydrogens (tertiary/aromatic N) is 1. The van der Waals surface area contributed by atoms with Crippen LogP contribution in [-0.2, 0) is 19.1 Å². The van der Waals surface area contributed by atoms with Crippen molar-refractivity contribution in [1.82, 2.24) is 0 Å². The number of benzene rings is 1. The quantitative estimate of drug-likeness (QED) is 0.326. The molecule has 1 aromatic rings. The average Bonchev–Trinajstić information content (AvgIpc) is 2.69. The largest absolute Gasteiger partial charge is 0.494 e. The van der Waals surface area contributed by atoms with E-state index >= 15 is 0 Å². The lowest BCUT2D eigenvalue weighted by Crippen LogP contribution is -2.29. The van der Waals surface area contributed by atoms with Gasteiger partial charge in [-0.15, -0.1) is 0 Å². The molecule has 0 spiro atoms. The molecule has 0 aromatic heterocycles. The van der Waals surface area contributed by atoms with Crippen molar-refractivity contribution in [1.29, 1.82) is 0 Å². The molecule has 0 atom stereocenters. The molecule has 0 saturated carbocycles. The zero-order valence-corrected chi connectivity index (χ0v) is 17.6. The number of anilines is 1. The van der Waals surface area contributed by atoms with Gasteiger partial charge in [0.05, 0.1) is 32.7 Å². The van der Waals surface area contributed by atoms with Crippen molar-refractivity contribution >= 4 is 17.6 Å². The third kappa shape index (κ3) is 10.2. The van der Waals surface area contributed by atoms with Crippen LogP contribution in [0.25, 0.3) is 0 Å². The second-order valence-electron chi connectivity index (χ2n) is 6.50. The van der Waals surface area contributed by atoms with Crippen LogP contribution in [0, 0.1) is 0 Å². The summed E-state index contributed by atoms with van der Waals surface area (Å²) in [6, 6.07) is 7.77. The van der Waals surface area contributed by atoms with Gasteiger partial charge in [-0.1, -0.05) is 26.2 Å². The summed E-state index contributed by atoms with van der Waals surface area (Å²) in [6.45, 7) is 8.18. The minimum atomic E-state index is -0.240. The highest BCUT2D eigenvalue weighted by molar-refractivity contribution is 5.71. The van der Waals surface area contributed by atoms with Crippen molar-refractivity contribution < 1.29 is 23.8 Å². The first-order valence-electron chi connectivity index (χ1n) is 10.4. The van der Waals surface area contributed by atoms with E-state index in [0.29, 0.717) is 26.3 Å². The van der Waals surface area contributed by atoms with Crippen molar-refractivity contribution in [3.8, 4) is 5.75 Å². The molecule has 0 fully saturated rings. The monoisotopic (exact) mass is 393 g/mol. The first-order valence-corrected chi connectivity index (χ1v) is 10.4. The first-order chi connectivity index (χ1) is 13.6. The van der Waals surface area contributed by atoms with Gasteiger partial charge < -0.3 is 19.1 Å². The van der Waals surface area contributed by atoms with Crippen molar-refractivity contribution in [2.75, 3.05) is 37.8 Å². The van der Waals surface area contributed by atoms with Gasteiger partial charge in [-0.05, 0) is 44.5 Å². The van der Waals surface area contributed by atoms with Crippen LogP contribution in [0.4, 0.5) is 5.69 Å². The fourth-order valence-corrected chi connectivity index (χ4v) is 2.76. The molecule has 0 saturated heterocycles. The number of hydrogen-bond donors (Lipinski definition) is 0. The molecule has 0 amide bonds. The summed E-state index contributed by atoms with van der Waals surface area (Å²) < 4.78 is 15.8. The SMILES string of the molecule is CCCCCCOc1ccc(N(CCC(=O)OCC)CCC(=O)OCC)cc1. The number of ether oxygens (including phenoxy) is 3. The Balaban J connectivity index is 2.62. The predicted molar refractivity (Wildman–Crippen MR) is 111 cm³/mol. The van der Waals surface area contributed by atoms with Crippen LogP contribution in [0.3, 0.4) is 0 Å². The van der Waals surface area contributed by atoms with Crippen LogP contribution >= 0.6 is 0 Å². The molecule has 28 heavy (non-hydrogen) atoms. The number of hydrogen-bond acceptors (Lipinski definition) is 6. The Bertz CT molecular complexity index is 537. The normalized spacial score (nSPS) is 10.4. The number of carbonyl (C=O) groups excluding carboxylic acids is 2. The predicted octanol–water partition coefficient (Wildman–Crippen LogP) is 4.36. The lowest BCUT2D eigenvalue weighted by Gasteiger charge is -2.24. The van der Waals surface area contributed by atoms with E-state index in [1.54, 1.807) is 13.8 Å². The Morgan fingerprint density at radius 2 is 1.39 bits per heavy atom. The van der Waals surface area contributed by atoms with Gasteiger partial charge in [0.1, 0.15) is 5.75 Å². The molecule has 0 radical (unpaired) electrons. The topological polar surface area (TPSA) is 65.1 Å². The van der Waals surface area contributed by atoms with Crippen LogP contribution < -0.4 is 9.64 Å². The number of rotatable bonds is 15. The smallest absolute Gasteiger partial charge is 0.307 e. The van der Waals surface area contributed by atoms with Gasteiger partial charge in [0.15, 0.2) is 0 Å². The molecule has 1 aromatic carbocycles. The third-order valence-corrected chi connectivity index (χ3v) is 4.25. The van der Waals surface area contributed by atoms with Gasteiger partial charge in [0, 0.05) is 18.8 Å². The summed E-state index contributed by atoms with van der Waals surface area (Å²) >= 11 is 0. The summed E-state index contributed by atoms with van der Waals surface area (Å²) in [4.78, 5) is 25.4. The zero-order chi connectivity index (χ0) is 20.6. The molecule has 6 nitrogen and oxygen atoms in total. The van der Waals surface area contributed by atoms with Gasteiger partial charge in [0.2, 0.25) is 0 Å². The molecule has 158 valence electrons. The van der Waals surface area contributed by atoms with E-state index in [2.05, 4.69) is 6.92 Å². The molecule has 0 N–H and O–H groups in total. The van der Waals surface area contributed by atoms with E-state index in [1.807, 2.05) is 29.2 Å². The minimum Gasteiger partial charge on any atom is -0.494 e. The summed E-state index contributed by atoms with van der Waals surface area (Å²) in [6.07, 6.45) is 5.23. The second kappa shape index (κ2) is 14.8. The number of unbranched alkanes of at least 4 members (excludes halogenated alkanes) is 3. The second-order valence-corrected chi connectivity index (χ2v) is 6.50. The van der Waals surface area contributed by atoms with Crippen LogP contribution in [-0.4, -0.2) is 44.8 Å². The summed E-state index contributed by atoms with van der Waals surface area (Å²) in [5.74, 6) is 0.349. The molecular weight excluding hydrogens is 358 g/mol. The van der Waals surface area contributed by atoms with E-state index < -0.39 is 0 Å². The maximum absolute atomic E-state index is 11.7. The van der Waals surface area contributed by atoms with Crippen molar-refractivity contribution in [2.24, 2.45) is 0 Å². The Morgan fingerprint density at radius 1 is 0.821 bits per heavy atom. The van der Waals surface area contributed by atoms with Gasteiger partial charge in [-0.25, -0.2) is 0 Å². The maximum atomic E-state index is 11.7. The van der Waals surface area contributed by atoms with Gasteiger partial charge >= 0.3 is 11.9 Å². The van der Waals surface area contributed by atoms with Crippen LogP contribution in [0.5, 0.6) is 5.75 Å². The van der Waals surface area contributed by atoms with E-state index in [4.69, 9.17) is 14.2 Å². The Labute approximate surface area is 169 Å². The first kappa shape index (κ1) is 23.8. The Kier molecular flexibility index (Phi) is 12.6. The van der Waals surface area contributed by atoms with E-state index in [9.17, 15) is 9.59 Å². The highest BCUT2D eigenvalue weighted by Gasteiger charge is 2.13. The summed E-state index contributed by atoms with van der Waals surface area (Å²) in [7, 11) is 0. The lowest BCUT2D eigenvalue weighted by molar-refractivity contribution is -0.143. The molecular formula is C22H35NO5. The fourth-order valence-electron chi connectivity index (χ4n) is 2.76. The molecule has 0 aliphatic carbocycles. The molecule has 0 bridgehead atoms. The minimum absolute atomic E-state index is 0.240. The van der Waals surface area contributed by atoms with Crippen molar-refractivity contribution in [3.63, 3.8) is 0 Å². The van der Waals surface area contributed by atoms with E-state index in [-0.39, 0.29) is 24.8 Å². The Hall–Kier alpha value is -2.24. The molecule has 6 heteroatoms. The molecule has 0 unspecified atom stereocenters. The van der Waals surface area contributed by atoms with Crippen molar-refractivity contribution in [3.05, 3.63) is 24.3 Å². The van der Waals surface area contributed by atoms with E-state index in [0.717, 1.165) is 24.5 Å². The van der Waals surface area contributed by atoms with Gasteiger partial charge in [-0.3, -0.25) is 9.59 Å². The van der Waals surface area contributed by atoms with E-state index in [1.165, 1.54) is 19.3 Å². The average molecular weight is 394 g/mol. The maximum Gasteiger partial charge on any atom is 0.307 e. The number of esters is 2. The fraction of sp³-hybridized carbons (Fsp3) is 0.636. The molecule has 1 rings (SSSR count).